The summed E-state index contributed by atoms with van der Waals surface area (Å²) in [5, 5.41) is 7.15. The van der Waals surface area contributed by atoms with Gasteiger partial charge in [0.2, 0.25) is 0 Å². The summed E-state index contributed by atoms with van der Waals surface area (Å²) in [6.07, 6.45) is 4.14. The third kappa shape index (κ3) is 2.71. The smallest absolute Gasteiger partial charge is 0.259 e. The summed E-state index contributed by atoms with van der Waals surface area (Å²) in [6, 6.07) is 3.66. The minimum absolute atomic E-state index is 0.261. The third-order valence-corrected chi connectivity index (χ3v) is 4.99. The Balaban J connectivity index is 1.79. The van der Waals surface area contributed by atoms with Crippen molar-refractivity contribution in [2.45, 2.75) is 25.8 Å². The number of thiophene rings is 1. The molecule has 3 rings (SSSR count). The molecular weight excluding hydrogens is 317 g/mol. The summed E-state index contributed by atoms with van der Waals surface area (Å²) >= 11 is 13.0. The van der Waals surface area contributed by atoms with Crippen LogP contribution >= 0.6 is 34.5 Å². The number of carbonyl (C=O) groups is 1. The lowest BCUT2D eigenvalue weighted by Gasteiger charge is -2.15. The second kappa shape index (κ2) is 5.39. The summed E-state index contributed by atoms with van der Waals surface area (Å²) in [4.78, 5) is 12.2. The summed E-state index contributed by atoms with van der Waals surface area (Å²) in [6.45, 7) is 2.12. The molecule has 1 amide bonds. The molecule has 0 spiro atoms. The van der Waals surface area contributed by atoms with Gasteiger partial charge in [-0.05, 0) is 31.7 Å². The molecule has 1 unspecified atom stereocenters. The first-order chi connectivity index (χ1) is 9.56. The van der Waals surface area contributed by atoms with Crippen LogP contribution in [0.5, 0.6) is 0 Å². The SMILES string of the molecule is CC(C1CC1)n1nccc1NC(=O)c1cc(Cl)sc1Cl. The molecule has 2 aromatic rings. The molecular formula is C13H13Cl2N3OS. The van der Waals surface area contributed by atoms with Crippen LogP contribution in [0.1, 0.15) is 36.2 Å². The highest BCUT2D eigenvalue weighted by Gasteiger charge is 2.31. The number of halogens is 2. The molecule has 0 aromatic carbocycles. The van der Waals surface area contributed by atoms with Gasteiger partial charge in [0.25, 0.3) is 5.91 Å². The maximum absolute atomic E-state index is 12.2. The number of rotatable bonds is 4. The van der Waals surface area contributed by atoms with Gasteiger partial charge in [-0.25, -0.2) is 4.68 Å². The number of carbonyl (C=O) groups excluding carboxylic acids is 1. The number of nitrogens with one attached hydrogen (secondary N) is 1. The van der Waals surface area contributed by atoms with Gasteiger partial charge in [-0.1, -0.05) is 23.2 Å². The van der Waals surface area contributed by atoms with Gasteiger partial charge in [0, 0.05) is 6.07 Å². The van der Waals surface area contributed by atoms with E-state index in [0.29, 0.717) is 32.0 Å². The van der Waals surface area contributed by atoms with Crippen molar-refractivity contribution in [2.24, 2.45) is 5.92 Å². The Bertz CT molecular complexity index is 648. The molecule has 106 valence electrons. The summed E-state index contributed by atoms with van der Waals surface area (Å²) in [5.74, 6) is 1.08. The van der Waals surface area contributed by atoms with Crippen LogP contribution in [-0.4, -0.2) is 15.7 Å². The van der Waals surface area contributed by atoms with Crippen LogP contribution < -0.4 is 5.32 Å². The van der Waals surface area contributed by atoms with E-state index in [-0.39, 0.29) is 5.91 Å². The maximum Gasteiger partial charge on any atom is 0.259 e. The van der Waals surface area contributed by atoms with Crippen LogP contribution in [0.4, 0.5) is 5.82 Å². The zero-order valence-electron chi connectivity index (χ0n) is 10.8. The number of amides is 1. The average molecular weight is 330 g/mol. The Morgan fingerprint density at radius 1 is 1.55 bits per heavy atom. The molecule has 1 saturated carbocycles. The molecule has 4 nitrogen and oxygen atoms in total. The molecule has 1 N–H and O–H groups in total. The zero-order chi connectivity index (χ0) is 14.3. The topological polar surface area (TPSA) is 46.9 Å². The minimum atomic E-state index is -0.261. The second-order valence-electron chi connectivity index (χ2n) is 4.93. The monoisotopic (exact) mass is 329 g/mol. The number of hydrogen-bond acceptors (Lipinski definition) is 3. The Kier molecular flexibility index (Phi) is 3.75. The summed E-state index contributed by atoms with van der Waals surface area (Å²) < 4.78 is 2.76. The molecule has 1 aliphatic rings. The number of hydrogen-bond donors (Lipinski definition) is 1. The van der Waals surface area contributed by atoms with E-state index in [1.54, 1.807) is 18.3 Å². The van der Waals surface area contributed by atoms with Crippen molar-refractivity contribution in [1.82, 2.24) is 9.78 Å². The van der Waals surface area contributed by atoms with Crippen LogP contribution in [0, 0.1) is 5.92 Å². The van der Waals surface area contributed by atoms with Crippen molar-refractivity contribution < 1.29 is 4.79 Å². The van der Waals surface area contributed by atoms with Gasteiger partial charge in [-0.2, -0.15) is 5.10 Å². The van der Waals surface area contributed by atoms with Gasteiger partial charge in [-0.15, -0.1) is 11.3 Å². The van der Waals surface area contributed by atoms with Crippen molar-refractivity contribution in [1.29, 1.82) is 0 Å². The summed E-state index contributed by atoms with van der Waals surface area (Å²) in [7, 11) is 0. The first-order valence-corrected chi connectivity index (χ1v) is 7.93. The van der Waals surface area contributed by atoms with Crippen molar-refractivity contribution in [3.63, 3.8) is 0 Å². The van der Waals surface area contributed by atoms with E-state index in [2.05, 4.69) is 17.3 Å². The molecule has 0 bridgehead atoms. The number of anilines is 1. The van der Waals surface area contributed by atoms with Gasteiger partial charge in [-0.3, -0.25) is 4.79 Å². The standard InChI is InChI=1S/C13H13Cl2N3OS/c1-7(8-2-3-8)18-11(4-5-16-18)17-13(19)9-6-10(14)20-12(9)15/h4-8H,2-3H2,1H3,(H,17,19). The molecule has 2 heterocycles. The van der Waals surface area contributed by atoms with Gasteiger partial charge < -0.3 is 5.32 Å². The Morgan fingerprint density at radius 2 is 2.30 bits per heavy atom. The average Bonchev–Trinajstić information content (AvgIpc) is 3.06. The van der Waals surface area contributed by atoms with Crippen molar-refractivity contribution >= 4 is 46.3 Å². The van der Waals surface area contributed by atoms with Gasteiger partial charge in [0.05, 0.1) is 22.1 Å². The van der Waals surface area contributed by atoms with Gasteiger partial charge in [0.1, 0.15) is 10.2 Å². The van der Waals surface area contributed by atoms with Crippen LogP contribution in [-0.2, 0) is 0 Å². The van der Waals surface area contributed by atoms with Crippen LogP contribution in [0.2, 0.25) is 8.67 Å². The molecule has 0 aliphatic heterocycles. The Hall–Kier alpha value is -1.04. The highest BCUT2D eigenvalue weighted by atomic mass is 35.5. The van der Waals surface area contributed by atoms with Crippen LogP contribution in [0.15, 0.2) is 18.3 Å². The molecule has 7 heteroatoms. The summed E-state index contributed by atoms with van der Waals surface area (Å²) in [5.41, 5.74) is 0.397. The van der Waals surface area contributed by atoms with E-state index in [9.17, 15) is 4.79 Å². The first kappa shape index (κ1) is 13.9. The number of nitrogens with zero attached hydrogens (tertiary/aromatic N) is 2. The van der Waals surface area contributed by atoms with E-state index in [1.807, 2.05) is 4.68 Å². The molecule has 1 atom stereocenters. The van der Waals surface area contributed by atoms with E-state index in [0.717, 1.165) is 0 Å². The lowest BCUT2D eigenvalue weighted by atomic mass is 10.2. The highest BCUT2D eigenvalue weighted by molar-refractivity contribution is 7.20. The van der Waals surface area contributed by atoms with E-state index < -0.39 is 0 Å². The molecule has 1 fully saturated rings. The Labute approximate surface area is 130 Å². The first-order valence-electron chi connectivity index (χ1n) is 6.36. The van der Waals surface area contributed by atoms with Crippen LogP contribution in [0.3, 0.4) is 0 Å². The van der Waals surface area contributed by atoms with Crippen molar-refractivity contribution in [3.05, 3.63) is 32.6 Å². The number of aromatic nitrogens is 2. The lowest BCUT2D eigenvalue weighted by molar-refractivity contribution is 0.102. The Morgan fingerprint density at radius 3 is 2.90 bits per heavy atom. The van der Waals surface area contributed by atoms with Crippen molar-refractivity contribution in [2.75, 3.05) is 5.32 Å². The lowest BCUT2D eigenvalue weighted by Crippen LogP contribution is -2.18. The molecule has 20 heavy (non-hydrogen) atoms. The molecule has 2 aromatic heterocycles. The largest absolute Gasteiger partial charge is 0.307 e. The molecule has 1 aliphatic carbocycles. The molecule has 0 saturated heterocycles. The van der Waals surface area contributed by atoms with Crippen molar-refractivity contribution in [3.8, 4) is 0 Å². The fourth-order valence-electron chi connectivity index (χ4n) is 2.19. The fourth-order valence-corrected chi connectivity index (χ4v) is 3.65. The molecule has 0 radical (unpaired) electrons. The predicted molar refractivity (Wildman–Crippen MR) is 82.0 cm³/mol. The van der Waals surface area contributed by atoms with E-state index in [1.165, 1.54) is 24.2 Å². The van der Waals surface area contributed by atoms with Gasteiger partial charge >= 0.3 is 0 Å². The quantitative estimate of drug-likeness (QED) is 0.899. The normalized spacial score (nSPS) is 16.1. The van der Waals surface area contributed by atoms with E-state index >= 15 is 0 Å². The minimum Gasteiger partial charge on any atom is -0.307 e. The predicted octanol–water partition coefficient (Wildman–Crippen LogP) is 4.47. The second-order valence-corrected chi connectivity index (χ2v) is 7.22. The third-order valence-electron chi connectivity index (χ3n) is 3.50. The van der Waals surface area contributed by atoms with E-state index in [4.69, 9.17) is 23.2 Å². The highest BCUT2D eigenvalue weighted by Crippen LogP contribution is 2.40. The van der Waals surface area contributed by atoms with Crippen LogP contribution in [0.25, 0.3) is 0 Å². The maximum atomic E-state index is 12.2. The fraction of sp³-hybridized carbons (Fsp3) is 0.385. The van der Waals surface area contributed by atoms with Gasteiger partial charge in [0.15, 0.2) is 0 Å². The zero-order valence-corrected chi connectivity index (χ0v) is 13.1.